The number of alkyl halides is 3. The van der Waals surface area contributed by atoms with Crippen molar-refractivity contribution < 1.29 is 22.8 Å². The molecule has 21 heavy (non-hydrogen) atoms. The number of likely N-dealkylation sites (tertiary alicyclic amines) is 1. The number of hydrogen-bond donors (Lipinski definition) is 1. The van der Waals surface area contributed by atoms with Crippen LogP contribution in [0.1, 0.15) is 10.4 Å². The molecule has 2 amide bonds. The third-order valence-electron chi connectivity index (χ3n) is 3.40. The fourth-order valence-electron chi connectivity index (χ4n) is 2.31. The van der Waals surface area contributed by atoms with Gasteiger partial charge in [-0.15, -0.1) is 0 Å². The highest BCUT2D eigenvalue weighted by molar-refractivity contribution is 6.33. The predicted octanol–water partition coefficient (Wildman–Crippen LogP) is 1.47. The molecule has 5 nitrogen and oxygen atoms in total. The van der Waals surface area contributed by atoms with Gasteiger partial charge < -0.3 is 10.6 Å². The molecule has 1 aliphatic rings. The molecule has 0 unspecified atom stereocenters. The number of aromatic nitrogens is 1. The maximum atomic E-state index is 12.9. The summed E-state index contributed by atoms with van der Waals surface area (Å²) in [5.74, 6) is -5.16. The Morgan fingerprint density at radius 1 is 1.38 bits per heavy atom. The molecule has 1 aromatic heterocycles. The van der Waals surface area contributed by atoms with Gasteiger partial charge in [0.05, 0.1) is 22.4 Å². The van der Waals surface area contributed by atoms with E-state index in [1.807, 2.05) is 0 Å². The molecule has 2 atom stereocenters. The maximum Gasteiger partial charge on any atom is 0.394 e. The molecule has 0 aliphatic carbocycles. The highest BCUT2D eigenvalue weighted by atomic mass is 35.5. The van der Waals surface area contributed by atoms with Crippen molar-refractivity contribution in [3.05, 3.63) is 29.0 Å². The van der Waals surface area contributed by atoms with Crippen LogP contribution in [0.3, 0.4) is 0 Å². The Hall–Kier alpha value is -1.83. The Morgan fingerprint density at radius 2 is 2.05 bits per heavy atom. The molecule has 2 N–H and O–H groups in total. The number of carbonyl (C=O) groups is 2. The third kappa shape index (κ3) is 3.10. The van der Waals surface area contributed by atoms with Crippen LogP contribution in [0.4, 0.5) is 13.2 Å². The lowest BCUT2D eigenvalue weighted by atomic mass is 9.95. The zero-order valence-corrected chi connectivity index (χ0v) is 11.4. The van der Waals surface area contributed by atoms with Gasteiger partial charge in [0, 0.05) is 25.5 Å². The summed E-state index contributed by atoms with van der Waals surface area (Å²) in [6, 6.07) is 1.31. The number of carbonyl (C=O) groups excluding carboxylic acids is 2. The minimum absolute atomic E-state index is 0.0357. The van der Waals surface area contributed by atoms with Gasteiger partial charge in [-0.05, 0) is 6.07 Å². The molecule has 0 bridgehead atoms. The Balaban J connectivity index is 2.25. The fraction of sp³-hybridized carbons (Fsp3) is 0.417. The smallest absolute Gasteiger partial charge is 0.369 e. The zero-order chi connectivity index (χ0) is 15.8. The summed E-state index contributed by atoms with van der Waals surface area (Å²) in [7, 11) is 0. The molecule has 114 valence electrons. The van der Waals surface area contributed by atoms with Crippen LogP contribution in [-0.4, -0.2) is 41.0 Å². The number of nitrogens with two attached hydrogens (primary N) is 1. The lowest BCUT2D eigenvalue weighted by Crippen LogP contribution is -2.37. The van der Waals surface area contributed by atoms with Gasteiger partial charge in [0.1, 0.15) is 0 Å². The molecule has 2 heterocycles. The third-order valence-corrected chi connectivity index (χ3v) is 3.70. The Kier molecular flexibility index (Phi) is 4.08. The zero-order valence-electron chi connectivity index (χ0n) is 10.6. The highest BCUT2D eigenvalue weighted by Gasteiger charge is 2.52. The predicted molar refractivity (Wildman–Crippen MR) is 67.4 cm³/mol. The summed E-state index contributed by atoms with van der Waals surface area (Å²) in [6.07, 6.45) is -2.07. The maximum absolute atomic E-state index is 12.9. The number of hydrogen-bond acceptors (Lipinski definition) is 3. The van der Waals surface area contributed by atoms with Crippen LogP contribution >= 0.6 is 11.6 Å². The fourth-order valence-corrected chi connectivity index (χ4v) is 2.51. The van der Waals surface area contributed by atoms with Crippen molar-refractivity contribution >= 4 is 23.4 Å². The highest BCUT2D eigenvalue weighted by Crippen LogP contribution is 2.38. The molecule has 1 aromatic rings. The van der Waals surface area contributed by atoms with Gasteiger partial charge in [0.25, 0.3) is 5.91 Å². The lowest BCUT2D eigenvalue weighted by molar-refractivity contribution is -0.182. The second kappa shape index (κ2) is 5.51. The van der Waals surface area contributed by atoms with E-state index in [2.05, 4.69) is 4.98 Å². The molecule has 0 radical (unpaired) electrons. The van der Waals surface area contributed by atoms with Crippen LogP contribution in [0.25, 0.3) is 0 Å². The molecule has 0 saturated carbocycles. The first kappa shape index (κ1) is 15.6. The minimum atomic E-state index is -4.60. The van der Waals surface area contributed by atoms with Crippen molar-refractivity contribution in [3.8, 4) is 0 Å². The van der Waals surface area contributed by atoms with Crippen molar-refractivity contribution in [3.63, 3.8) is 0 Å². The monoisotopic (exact) mass is 321 g/mol. The van der Waals surface area contributed by atoms with Crippen LogP contribution in [0, 0.1) is 11.8 Å². The van der Waals surface area contributed by atoms with Gasteiger partial charge >= 0.3 is 6.18 Å². The van der Waals surface area contributed by atoms with Crippen LogP contribution in [0.2, 0.25) is 5.02 Å². The van der Waals surface area contributed by atoms with Crippen LogP contribution in [0.5, 0.6) is 0 Å². The molecular weight excluding hydrogens is 311 g/mol. The molecule has 0 aromatic carbocycles. The SMILES string of the molecule is NC(=O)[C@@H]1CN(C(=O)c2ccncc2Cl)C[C@H]1C(F)(F)F. The molecule has 1 aliphatic heterocycles. The first-order valence-corrected chi connectivity index (χ1v) is 6.34. The van der Waals surface area contributed by atoms with Crippen molar-refractivity contribution in [2.45, 2.75) is 6.18 Å². The van der Waals surface area contributed by atoms with E-state index in [0.29, 0.717) is 0 Å². The first-order chi connectivity index (χ1) is 9.71. The van der Waals surface area contributed by atoms with Crippen molar-refractivity contribution in [1.82, 2.24) is 9.88 Å². The van der Waals surface area contributed by atoms with E-state index < -0.39 is 36.4 Å². The summed E-state index contributed by atoms with van der Waals surface area (Å²) in [5.41, 5.74) is 5.04. The number of nitrogens with zero attached hydrogens (tertiary/aromatic N) is 2. The molecule has 1 saturated heterocycles. The van der Waals surface area contributed by atoms with E-state index in [9.17, 15) is 22.8 Å². The van der Waals surface area contributed by atoms with E-state index in [4.69, 9.17) is 17.3 Å². The summed E-state index contributed by atoms with van der Waals surface area (Å²) >= 11 is 5.80. The topological polar surface area (TPSA) is 76.3 Å². The van der Waals surface area contributed by atoms with E-state index >= 15 is 0 Å². The van der Waals surface area contributed by atoms with E-state index in [-0.39, 0.29) is 17.1 Å². The first-order valence-electron chi connectivity index (χ1n) is 5.96. The Morgan fingerprint density at radius 3 is 2.52 bits per heavy atom. The number of pyridine rings is 1. The van der Waals surface area contributed by atoms with E-state index in [1.165, 1.54) is 18.5 Å². The van der Waals surface area contributed by atoms with Crippen LogP contribution in [-0.2, 0) is 4.79 Å². The number of primary amides is 1. The Bertz CT molecular complexity index is 579. The lowest BCUT2D eigenvalue weighted by Gasteiger charge is -2.18. The van der Waals surface area contributed by atoms with E-state index in [1.54, 1.807) is 0 Å². The summed E-state index contributed by atoms with van der Waals surface area (Å²) in [4.78, 5) is 28.0. The van der Waals surface area contributed by atoms with E-state index in [0.717, 1.165) is 4.90 Å². The number of amides is 2. The molecule has 0 spiro atoms. The summed E-state index contributed by atoms with van der Waals surface area (Å²) < 4.78 is 38.7. The summed E-state index contributed by atoms with van der Waals surface area (Å²) in [5, 5.41) is 0.0357. The van der Waals surface area contributed by atoms with Gasteiger partial charge in [-0.1, -0.05) is 11.6 Å². The normalized spacial score (nSPS) is 22.4. The minimum Gasteiger partial charge on any atom is -0.369 e. The summed E-state index contributed by atoms with van der Waals surface area (Å²) in [6.45, 7) is -0.994. The quantitative estimate of drug-likeness (QED) is 0.896. The average molecular weight is 322 g/mol. The van der Waals surface area contributed by atoms with Gasteiger partial charge in [-0.3, -0.25) is 14.6 Å². The van der Waals surface area contributed by atoms with Crippen molar-refractivity contribution in [2.24, 2.45) is 17.6 Å². The molecule has 1 fully saturated rings. The molecule has 2 rings (SSSR count). The average Bonchev–Trinajstić information content (AvgIpc) is 2.83. The van der Waals surface area contributed by atoms with Crippen LogP contribution in [0.15, 0.2) is 18.5 Å². The molecule has 9 heteroatoms. The second-order valence-corrected chi connectivity index (χ2v) is 5.13. The van der Waals surface area contributed by atoms with Gasteiger partial charge in [0.2, 0.25) is 5.91 Å². The second-order valence-electron chi connectivity index (χ2n) is 4.72. The van der Waals surface area contributed by atoms with Gasteiger partial charge in [-0.25, -0.2) is 0 Å². The number of rotatable bonds is 2. The largest absolute Gasteiger partial charge is 0.394 e. The molecular formula is C12H11ClF3N3O2. The van der Waals surface area contributed by atoms with Gasteiger partial charge in [0.15, 0.2) is 0 Å². The van der Waals surface area contributed by atoms with Gasteiger partial charge in [-0.2, -0.15) is 13.2 Å². The van der Waals surface area contributed by atoms with Crippen molar-refractivity contribution in [1.29, 1.82) is 0 Å². The van der Waals surface area contributed by atoms with Crippen LogP contribution < -0.4 is 5.73 Å². The number of halogens is 4. The van der Waals surface area contributed by atoms with Crippen molar-refractivity contribution in [2.75, 3.05) is 13.1 Å². The standard InChI is InChI=1S/C12H11ClF3N3O2/c13-9-3-18-2-1-6(9)11(21)19-4-7(10(17)20)8(5-19)12(14,15)16/h1-3,7-8H,4-5H2,(H2,17,20)/t7-,8-/m1/s1. The Labute approximate surface area is 122 Å².